The first-order valence-corrected chi connectivity index (χ1v) is 9.36. The van der Waals surface area contributed by atoms with Gasteiger partial charge < -0.3 is 0 Å². The number of benzene rings is 1. The number of hydrogen-bond donors (Lipinski definition) is 0. The number of hydrogen-bond acceptors (Lipinski definition) is 3. The number of piperazine rings is 1. The van der Waals surface area contributed by atoms with Gasteiger partial charge >= 0.3 is 0 Å². The van der Waals surface area contributed by atoms with Gasteiger partial charge in [0.15, 0.2) is 0 Å². The van der Waals surface area contributed by atoms with Gasteiger partial charge in [0.05, 0.1) is 0 Å². The molecule has 1 aromatic carbocycles. The predicted molar refractivity (Wildman–Crippen MR) is 99.2 cm³/mol. The molecule has 1 aromatic heterocycles. The van der Waals surface area contributed by atoms with Crippen molar-refractivity contribution in [2.75, 3.05) is 32.7 Å². The molecule has 0 N–H and O–H groups in total. The SMILES string of the molecule is Brc1csc(CN2CCN(CC=Cc3ccccc3)CC2)c1. The van der Waals surface area contributed by atoms with Crippen LogP contribution in [0.1, 0.15) is 10.4 Å². The van der Waals surface area contributed by atoms with E-state index >= 15 is 0 Å². The van der Waals surface area contributed by atoms with E-state index in [4.69, 9.17) is 0 Å². The van der Waals surface area contributed by atoms with Gasteiger partial charge in [-0.2, -0.15) is 0 Å². The van der Waals surface area contributed by atoms with Crippen molar-refractivity contribution in [3.63, 3.8) is 0 Å². The lowest BCUT2D eigenvalue weighted by atomic mass is 10.2. The molecule has 0 bridgehead atoms. The summed E-state index contributed by atoms with van der Waals surface area (Å²) in [7, 11) is 0. The minimum absolute atomic E-state index is 1.05. The highest BCUT2D eigenvalue weighted by Crippen LogP contribution is 2.21. The van der Waals surface area contributed by atoms with Crippen LogP contribution in [0.25, 0.3) is 6.08 Å². The minimum Gasteiger partial charge on any atom is -0.297 e. The minimum atomic E-state index is 1.05. The zero-order valence-electron chi connectivity index (χ0n) is 12.6. The number of thiophene rings is 1. The lowest BCUT2D eigenvalue weighted by Gasteiger charge is -2.33. The van der Waals surface area contributed by atoms with E-state index in [-0.39, 0.29) is 0 Å². The molecule has 0 atom stereocenters. The van der Waals surface area contributed by atoms with Gasteiger partial charge in [0, 0.05) is 54.0 Å². The normalized spacial score (nSPS) is 17.3. The molecule has 0 amide bonds. The second kappa shape index (κ2) is 8.06. The summed E-state index contributed by atoms with van der Waals surface area (Å²) in [5.74, 6) is 0. The second-order valence-corrected chi connectivity index (χ2v) is 7.53. The molecule has 2 nitrogen and oxygen atoms in total. The first-order valence-electron chi connectivity index (χ1n) is 7.69. The lowest BCUT2D eigenvalue weighted by molar-refractivity contribution is 0.138. The summed E-state index contributed by atoms with van der Waals surface area (Å²) in [5.41, 5.74) is 1.28. The van der Waals surface area contributed by atoms with Crippen LogP contribution >= 0.6 is 27.3 Å². The maximum atomic E-state index is 3.53. The third kappa shape index (κ3) is 4.78. The molecule has 0 spiro atoms. The number of halogens is 1. The molecule has 22 heavy (non-hydrogen) atoms. The Morgan fingerprint density at radius 1 is 1.05 bits per heavy atom. The third-order valence-electron chi connectivity index (χ3n) is 3.94. The van der Waals surface area contributed by atoms with E-state index in [1.807, 2.05) is 11.3 Å². The maximum Gasteiger partial charge on any atom is 0.0329 e. The first-order chi connectivity index (χ1) is 10.8. The smallest absolute Gasteiger partial charge is 0.0329 e. The molecule has 1 aliphatic heterocycles. The Bertz CT molecular complexity index is 601. The molecule has 0 radical (unpaired) electrons. The molecule has 2 heterocycles. The van der Waals surface area contributed by atoms with Crippen molar-refractivity contribution < 1.29 is 0 Å². The van der Waals surface area contributed by atoms with Crippen molar-refractivity contribution in [3.8, 4) is 0 Å². The molecular weight excluding hydrogens is 356 g/mol. The molecule has 4 heteroatoms. The van der Waals surface area contributed by atoms with E-state index in [9.17, 15) is 0 Å². The fourth-order valence-electron chi connectivity index (χ4n) is 2.69. The van der Waals surface area contributed by atoms with Crippen LogP contribution in [0.5, 0.6) is 0 Å². The highest BCUT2D eigenvalue weighted by atomic mass is 79.9. The Morgan fingerprint density at radius 3 is 2.45 bits per heavy atom. The monoisotopic (exact) mass is 376 g/mol. The van der Waals surface area contributed by atoms with E-state index in [0.717, 1.165) is 39.3 Å². The molecule has 116 valence electrons. The summed E-state index contributed by atoms with van der Waals surface area (Å²) in [5, 5.41) is 2.17. The molecule has 0 aliphatic carbocycles. The topological polar surface area (TPSA) is 6.48 Å². The Balaban J connectivity index is 1.41. The maximum absolute atomic E-state index is 3.53. The van der Waals surface area contributed by atoms with Crippen molar-refractivity contribution in [1.29, 1.82) is 0 Å². The lowest BCUT2D eigenvalue weighted by Crippen LogP contribution is -2.45. The van der Waals surface area contributed by atoms with Crippen molar-refractivity contribution in [3.05, 3.63) is 62.8 Å². The van der Waals surface area contributed by atoms with Crippen LogP contribution in [0, 0.1) is 0 Å². The first kappa shape index (κ1) is 15.9. The fraction of sp³-hybridized carbons (Fsp3) is 0.333. The van der Waals surface area contributed by atoms with E-state index in [0.29, 0.717) is 0 Å². The predicted octanol–water partition coefficient (Wildman–Crippen LogP) is 4.34. The van der Waals surface area contributed by atoms with Gasteiger partial charge in [-0.25, -0.2) is 0 Å². The summed E-state index contributed by atoms with van der Waals surface area (Å²) in [6.07, 6.45) is 4.50. The van der Waals surface area contributed by atoms with Crippen LogP contribution in [0.2, 0.25) is 0 Å². The van der Waals surface area contributed by atoms with Gasteiger partial charge in [-0.1, -0.05) is 42.5 Å². The van der Waals surface area contributed by atoms with E-state index < -0.39 is 0 Å². The summed E-state index contributed by atoms with van der Waals surface area (Å²) in [6, 6.07) is 12.8. The van der Waals surface area contributed by atoms with Gasteiger partial charge in [0.1, 0.15) is 0 Å². The Kier molecular flexibility index (Phi) is 5.84. The third-order valence-corrected chi connectivity index (χ3v) is 5.62. The van der Waals surface area contributed by atoms with Gasteiger partial charge in [-0.05, 0) is 27.6 Å². The molecule has 1 fully saturated rings. The van der Waals surface area contributed by atoms with Crippen LogP contribution in [-0.2, 0) is 6.54 Å². The zero-order chi connectivity index (χ0) is 15.2. The van der Waals surface area contributed by atoms with E-state index in [1.54, 1.807) is 0 Å². The highest BCUT2D eigenvalue weighted by Gasteiger charge is 2.16. The molecule has 1 aliphatic rings. The summed E-state index contributed by atoms with van der Waals surface area (Å²) < 4.78 is 1.21. The van der Waals surface area contributed by atoms with Gasteiger partial charge in [-0.3, -0.25) is 9.80 Å². The summed E-state index contributed by atoms with van der Waals surface area (Å²) >= 11 is 5.37. The molecular formula is C18H21BrN2S. The molecule has 3 rings (SSSR count). The Labute approximate surface area is 145 Å². The van der Waals surface area contributed by atoms with Crippen molar-refractivity contribution >= 4 is 33.3 Å². The fourth-order valence-corrected chi connectivity index (χ4v) is 4.18. The number of nitrogens with zero attached hydrogens (tertiary/aromatic N) is 2. The van der Waals surface area contributed by atoms with Gasteiger partial charge in [0.25, 0.3) is 0 Å². The Morgan fingerprint density at radius 2 is 1.77 bits per heavy atom. The average molecular weight is 377 g/mol. The van der Waals surface area contributed by atoms with Gasteiger partial charge in [0.2, 0.25) is 0 Å². The largest absolute Gasteiger partial charge is 0.297 e. The van der Waals surface area contributed by atoms with Crippen LogP contribution in [0.15, 0.2) is 52.3 Å². The highest BCUT2D eigenvalue weighted by molar-refractivity contribution is 9.10. The standard InChI is InChI=1S/C18H21BrN2S/c19-17-13-18(22-15-17)14-21-11-9-20(10-12-21)8-4-7-16-5-2-1-3-6-16/h1-7,13,15H,8-12,14H2. The Hall–Kier alpha value is -0.940. The summed E-state index contributed by atoms with van der Waals surface area (Å²) in [4.78, 5) is 6.53. The molecule has 2 aromatic rings. The van der Waals surface area contributed by atoms with E-state index in [1.165, 1.54) is 14.9 Å². The molecule has 1 saturated heterocycles. The van der Waals surface area contributed by atoms with Crippen LogP contribution in [-0.4, -0.2) is 42.5 Å². The summed E-state index contributed by atoms with van der Waals surface area (Å²) in [6.45, 7) is 6.78. The van der Waals surface area contributed by atoms with Crippen LogP contribution in [0.4, 0.5) is 0 Å². The van der Waals surface area contributed by atoms with Crippen molar-refractivity contribution in [2.45, 2.75) is 6.54 Å². The molecule has 0 unspecified atom stereocenters. The van der Waals surface area contributed by atoms with Crippen LogP contribution in [0.3, 0.4) is 0 Å². The van der Waals surface area contributed by atoms with Crippen LogP contribution < -0.4 is 0 Å². The zero-order valence-corrected chi connectivity index (χ0v) is 15.0. The molecule has 0 saturated carbocycles. The second-order valence-electron chi connectivity index (χ2n) is 5.62. The van der Waals surface area contributed by atoms with E-state index in [2.05, 4.69) is 79.7 Å². The van der Waals surface area contributed by atoms with Gasteiger partial charge in [-0.15, -0.1) is 11.3 Å². The quantitative estimate of drug-likeness (QED) is 0.765. The number of rotatable bonds is 5. The average Bonchev–Trinajstić information content (AvgIpc) is 2.95. The van der Waals surface area contributed by atoms with Crippen molar-refractivity contribution in [2.24, 2.45) is 0 Å². The van der Waals surface area contributed by atoms with Crippen molar-refractivity contribution in [1.82, 2.24) is 9.80 Å².